The molecule has 0 radical (unpaired) electrons. The van der Waals surface area contributed by atoms with E-state index in [9.17, 15) is 18.3 Å². The fraction of sp³-hybridized carbons (Fsp3) is 0.393. The number of fused-ring (bicyclic) bond motifs is 1. The summed E-state index contributed by atoms with van der Waals surface area (Å²) >= 11 is 6.09. The minimum atomic E-state index is -3.83. The van der Waals surface area contributed by atoms with Crippen LogP contribution < -0.4 is 4.90 Å². The summed E-state index contributed by atoms with van der Waals surface area (Å²) < 4.78 is 28.8. The van der Waals surface area contributed by atoms with Crippen molar-refractivity contribution in [1.82, 2.24) is 19.2 Å². The predicted molar refractivity (Wildman–Crippen MR) is 152 cm³/mol. The Bertz CT molecular complexity index is 1450. The zero-order valence-electron chi connectivity index (χ0n) is 21.6. The monoisotopic (exact) mass is 569 g/mol. The van der Waals surface area contributed by atoms with Crippen LogP contribution in [0.3, 0.4) is 0 Å². The molecule has 11 heteroatoms. The summed E-state index contributed by atoms with van der Waals surface area (Å²) in [5.41, 5.74) is -0.363. The van der Waals surface area contributed by atoms with Crippen molar-refractivity contribution in [3.05, 3.63) is 78.2 Å². The van der Waals surface area contributed by atoms with Gasteiger partial charge in [0.05, 0.1) is 11.6 Å². The highest BCUT2D eigenvalue weighted by molar-refractivity contribution is 7.89. The number of β-amino-alcohol motifs (C(OH)–C–C–N with tert-alkyl or cyclic N) is 1. The van der Waals surface area contributed by atoms with Crippen molar-refractivity contribution in [3.8, 4) is 0 Å². The second-order valence-electron chi connectivity index (χ2n) is 10.3. The molecule has 39 heavy (non-hydrogen) atoms. The van der Waals surface area contributed by atoms with Gasteiger partial charge in [0.2, 0.25) is 10.0 Å². The lowest BCUT2D eigenvalue weighted by Crippen LogP contribution is -2.60. The number of carbonyl (C=O) groups excluding carboxylic acids is 1. The number of piperazine rings is 1. The van der Waals surface area contributed by atoms with Crippen LogP contribution in [0.4, 0.5) is 5.82 Å². The second-order valence-corrected chi connectivity index (χ2v) is 12.8. The van der Waals surface area contributed by atoms with Crippen LogP contribution in [-0.4, -0.2) is 89.9 Å². The Morgan fingerprint density at radius 2 is 1.85 bits per heavy atom. The van der Waals surface area contributed by atoms with E-state index in [-0.39, 0.29) is 13.1 Å². The van der Waals surface area contributed by atoms with Crippen LogP contribution in [0, 0.1) is 0 Å². The maximum Gasteiger partial charge on any atom is 0.224 e. The number of sulfonamides is 1. The number of aldehydes is 1. The molecule has 2 aliphatic heterocycles. The van der Waals surface area contributed by atoms with Crippen molar-refractivity contribution >= 4 is 44.5 Å². The third kappa shape index (κ3) is 5.85. The van der Waals surface area contributed by atoms with Crippen LogP contribution in [0.2, 0.25) is 5.02 Å². The van der Waals surface area contributed by atoms with E-state index < -0.39 is 26.9 Å². The van der Waals surface area contributed by atoms with Crippen molar-refractivity contribution < 1.29 is 18.3 Å². The van der Waals surface area contributed by atoms with Crippen molar-refractivity contribution in [1.29, 1.82) is 0 Å². The third-order valence-corrected chi connectivity index (χ3v) is 10.2. The number of aromatic nitrogens is 2. The van der Waals surface area contributed by atoms with Gasteiger partial charge in [-0.1, -0.05) is 35.9 Å². The predicted octanol–water partition coefficient (Wildman–Crippen LogP) is 3.06. The number of carbonyl (C=O) groups is 1. The van der Waals surface area contributed by atoms with Gasteiger partial charge in [-0.15, -0.1) is 6.58 Å². The van der Waals surface area contributed by atoms with Crippen LogP contribution in [-0.2, 0) is 14.8 Å². The number of benzene rings is 2. The number of hydrogen-bond acceptors (Lipinski definition) is 8. The Morgan fingerprint density at radius 1 is 1.10 bits per heavy atom. The third-order valence-electron chi connectivity index (χ3n) is 7.79. The quantitative estimate of drug-likeness (QED) is 0.326. The van der Waals surface area contributed by atoms with Crippen molar-refractivity contribution in [3.63, 3.8) is 0 Å². The summed E-state index contributed by atoms with van der Waals surface area (Å²) in [4.78, 5) is 24.4. The molecule has 0 amide bonds. The van der Waals surface area contributed by atoms with Gasteiger partial charge in [0, 0.05) is 50.5 Å². The molecule has 0 bridgehead atoms. The van der Waals surface area contributed by atoms with Gasteiger partial charge in [-0.2, -0.15) is 4.31 Å². The Hall–Kier alpha value is -2.89. The standard InChI is InChI=1S/C28H32ClN5O4S/c1-2-26(23-4-3-22-16-24(29)6-5-21(22)15-23)39(37,38)34-14-13-33(25(17-34)18-35)19-28(36)8-11-32(12-9-28)27-7-10-30-20-31-27/h2-7,10,15-16,18,20,25-26,36H,1,8-9,11-14,17,19H2. The summed E-state index contributed by atoms with van der Waals surface area (Å²) in [6.07, 6.45) is 6.45. The highest BCUT2D eigenvalue weighted by atomic mass is 35.5. The SMILES string of the molecule is C=CC(c1ccc2cc(Cl)ccc2c1)S(=O)(=O)N1CCN(CC2(O)CCN(c3ccncn3)CC2)C(C=O)C1. The maximum atomic E-state index is 13.7. The van der Waals surface area contributed by atoms with Crippen molar-refractivity contribution in [2.24, 2.45) is 0 Å². The molecule has 2 saturated heterocycles. The zero-order chi connectivity index (χ0) is 27.6. The molecule has 2 fully saturated rings. The van der Waals surface area contributed by atoms with E-state index in [4.69, 9.17) is 11.6 Å². The molecular formula is C28H32ClN5O4S. The first-order valence-electron chi connectivity index (χ1n) is 13.0. The molecule has 1 aromatic heterocycles. The van der Waals surface area contributed by atoms with E-state index in [1.54, 1.807) is 18.3 Å². The fourth-order valence-electron chi connectivity index (χ4n) is 5.54. The van der Waals surface area contributed by atoms with Crippen LogP contribution in [0.5, 0.6) is 0 Å². The number of rotatable bonds is 8. The number of aliphatic hydroxyl groups is 1. The number of anilines is 1. The van der Waals surface area contributed by atoms with E-state index in [2.05, 4.69) is 21.4 Å². The lowest BCUT2D eigenvalue weighted by atomic mass is 9.90. The van der Waals surface area contributed by atoms with Gasteiger partial charge in [0.25, 0.3) is 0 Å². The lowest BCUT2D eigenvalue weighted by Gasteiger charge is -2.45. The molecule has 206 valence electrons. The Labute approximate surface area is 233 Å². The van der Waals surface area contributed by atoms with Gasteiger partial charge in [-0.3, -0.25) is 4.90 Å². The molecule has 2 atom stereocenters. The van der Waals surface area contributed by atoms with Gasteiger partial charge < -0.3 is 14.8 Å². The van der Waals surface area contributed by atoms with E-state index >= 15 is 0 Å². The first kappa shape index (κ1) is 27.7. The molecule has 0 aliphatic carbocycles. The van der Waals surface area contributed by atoms with Gasteiger partial charge in [0.1, 0.15) is 23.7 Å². The van der Waals surface area contributed by atoms with Crippen molar-refractivity contribution in [2.45, 2.75) is 29.7 Å². The molecule has 3 heterocycles. The summed E-state index contributed by atoms with van der Waals surface area (Å²) in [5, 5.41) is 12.8. The van der Waals surface area contributed by atoms with Gasteiger partial charge >= 0.3 is 0 Å². The zero-order valence-corrected chi connectivity index (χ0v) is 23.1. The molecule has 3 aromatic rings. The first-order chi connectivity index (χ1) is 18.7. The lowest BCUT2D eigenvalue weighted by molar-refractivity contribution is -0.116. The molecule has 5 rings (SSSR count). The van der Waals surface area contributed by atoms with Crippen LogP contribution in [0.15, 0.2) is 67.6 Å². The first-order valence-corrected chi connectivity index (χ1v) is 14.8. The number of nitrogens with zero attached hydrogens (tertiary/aromatic N) is 5. The molecule has 2 aromatic carbocycles. The molecule has 2 unspecified atom stereocenters. The largest absolute Gasteiger partial charge is 0.388 e. The number of halogens is 1. The van der Waals surface area contributed by atoms with Gasteiger partial charge in [-0.25, -0.2) is 18.4 Å². The highest BCUT2D eigenvalue weighted by Crippen LogP contribution is 2.32. The minimum absolute atomic E-state index is 0.0303. The highest BCUT2D eigenvalue weighted by Gasteiger charge is 2.41. The Balaban J connectivity index is 1.26. The van der Waals surface area contributed by atoms with E-state index in [1.165, 1.54) is 16.7 Å². The van der Waals surface area contributed by atoms with Crippen molar-refractivity contribution in [2.75, 3.05) is 44.2 Å². The topological polar surface area (TPSA) is 107 Å². The average Bonchev–Trinajstić information content (AvgIpc) is 2.94. The fourth-order valence-corrected chi connectivity index (χ4v) is 7.47. The van der Waals surface area contributed by atoms with Gasteiger partial charge in [-0.05, 0) is 53.4 Å². The average molecular weight is 570 g/mol. The normalized spacial score (nSPS) is 21.5. The number of hydrogen-bond donors (Lipinski definition) is 1. The maximum absolute atomic E-state index is 13.7. The number of piperidine rings is 1. The van der Waals surface area contributed by atoms with E-state index in [0.717, 1.165) is 22.9 Å². The Morgan fingerprint density at radius 3 is 2.54 bits per heavy atom. The smallest absolute Gasteiger partial charge is 0.224 e. The molecule has 2 aliphatic rings. The molecular weight excluding hydrogens is 538 g/mol. The molecule has 0 spiro atoms. The van der Waals surface area contributed by atoms with Crippen LogP contribution in [0.25, 0.3) is 10.8 Å². The van der Waals surface area contributed by atoms with Gasteiger partial charge in [0.15, 0.2) is 0 Å². The Kier molecular flexibility index (Phi) is 8.02. The summed E-state index contributed by atoms with van der Waals surface area (Å²) in [5.74, 6) is 0.823. The second kappa shape index (κ2) is 11.3. The van der Waals surface area contributed by atoms with Crippen LogP contribution >= 0.6 is 11.6 Å². The molecule has 0 saturated carbocycles. The molecule has 1 N–H and O–H groups in total. The molecule has 9 nitrogen and oxygen atoms in total. The summed E-state index contributed by atoms with van der Waals surface area (Å²) in [6, 6.07) is 12.1. The summed E-state index contributed by atoms with van der Waals surface area (Å²) in [7, 11) is -3.83. The summed E-state index contributed by atoms with van der Waals surface area (Å²) in [6.45, 7) is 5.98. The van der Waals surface area contributed by atoms with E-state index in [0.29, 0.717) is 49.6 Å². The van der Waals surface area contributed by atoms with Crippen LogP contribution in [0.1, 0.15) is 23.7 Å². The van der Waals surface area contributed by atoms with E-state index in [1.807, 2.05) is 35.2 Å². The minimum Gasteiger partial charge on any atom is -0.388 e.